The molecule has 1 aliphatic rings. The second-order valence-corrected chi connectivity index (χ2v) is 1.83. The number of aromatic nitrogens is 1. The molecule has 3 nitrogen and oxygen atoms in total. The molecule has 0 bridgehead atoms. The van der Waals surface area contributed by atoms with Crippen molar-refractivity contribution in [3.63, 3.8) is 0 Å². The quantitative estimate of drug-likeness (QED) is 0.508. The van der Waals surface area contributed by atoms with E-state index in [1.54, 1.807) is 6.20 Å². The summed E-state index contributed by atoms with van der Waals surface area (Å²) in [6.45, 7) is 0.524. The zero-order chi connectivity index (χ0) is 6.10. The van der Waals surface area contributed by atoms with Gasteiger partial charge in [-0.15, -0.1) is 5.48 Å². The van der Waals surface area contributed by atoms with Gasteiger partial charge in [0.25, 0.3) is 0 Å². The van der Waals surface area contributed by atoms with Gasteiger partial charge in [0.1, 0.15) is 12.3 Å². The molecule has 2 heterocycles. The Morgan fingerprint density at radius 2 is 2.56 bits per heavy atom. The van der Waals surface area contributed by atoms with Gasteiger partial charge in [0, 0.05) is 6.20 Å². The third kappa shape index (κ3) is 0.658. The molecule has 1 aromatic heterocycles. The Kier molecular flexibility index (Phi) is 0.899. The van der Waals surface area contributed by atoms with Crippen LogP contribution >= 0.6 is 0 Å². The van der Waals surface area contributed by atoms with Crippen LogP contribution in [0.25, 0.3) is 0 Å². The highest BCUT2D eigenvalue weighted by atomic mass is 16.6. The van der Waals surface area contributed by atoms with E-state index in [1.807, 2.05) is 12.1 Å². The van der Waals surface area contributed by atoms with Gasteiger partial charge in [0.15, 0.2) is 0 Å². The molecule has 0 aliphatic carbocycles. The lowest BCUT2D eigenvalue weighted by Crippen LogP contribution is -1.84. The van der Waals surface area contributed by atoms with Crippen molar-refractivity contribution in [3.05, 3.63) is 24.0 Å². The van der Waals surface area contributed by atoms with Crippen LogP contribution in [0.1, 0.15) is 5.69 Å². The van der Waals surface area contributed by atoms with Crippen LogP contribution in [-0.2, 0) is 11.4 Å². The first-order valence-corrected chi connectivity index (χ1v) is 2.74. The zero-order valence-corrected chi connectivity index (χ0v) is 4.74. The zero-order valence-electron chi connectivity index (χ0n) is 4.74. The lowest BCUT2D eigenvalue weighted by atomic mass is 10.3. The Morgan fingerprint density at radius 1 is 1.56 bits per heavy atom. The molecule has 3 heteroatoms. The molecule has 0 fully saturated rings. The highest BCUT2D eigenvalue weighted by molar-refractivity contribution is 5.40. The predicted molar refractivity (Wildman–Crippen MR) is 30.8 cm³/mol. The molecule has 0 saturated heterocycles. The minimum Gasteiger partial charge on any atom is -0.256 e. The van der Waals surface area contributed by atoms with Crippen molar-refractivity contribution in [1.82, 2.24) is 10.5 Å². The molecule has 0 amide bonds. The van der Waals surface area contributed by atoms with Gasteiger partial charge in [0.05, 0.1) is 5.69 Å². The van der Waals surface area contributed by atoms with Gasteiger partial charge >= 0.3 is 0 Å². The Bertz CT molecular complexity index is 201. The van der Waals surface area contributed by atoms with E-state index in [0.717, 1.165) is 11.4 Å². The fourth-order valence-electron chi connectivity index (χ4n) is 0.787. The number of hydrogen-bond acceptors (Lipinski definition) is 2. The van der Waals surface area contributed by atoms with Gasteiger partial charge in [-0.3, -0.25) is 4.98 Å². The first-order valence-electron chi connectivity index (χ1n) is 2.74. The van der Waals surface area contributed by atoms with Crippen molar-refractivity contribution in [2.45, 2.75) is 6.61 Å². The molecular weight excluding hydrogens is 116 g/mol. The Balaban J connectivity index is 2.54. The summed E-state index contributed by atoms with van der Waals surface area (Å²) in [4.78, 5) is 8.82. The Morgan fingerprint density at radius 3 is 3.44 bits per heavy atom. The summed E-state index contributed by atoms with van der Waals surface area (Å²) >= 11 is 0. The van der Waals surface area contributed by atoms with Gasteiger partial charge in [0.2, 0.25) is 0 Å². The average molecular weight is 121 g/mol. The normalized spacial score (nSPS) is 14.7. The second-order valence-electron chi connectivity index (χ2n) is 1.83. The highest BCUT2D eigenvalue weighted by Gasteiger charge is 2.11. The maximum atomic E-state index is 4.78. The smallest absolute Gasteiger partial charge is 0.121 e. The average Bonchev–Trinajstić information content (AvgIpc) is 2.33. The maximum absolute atomic E-state index is 4.78. The van der Waals surface area contributed by atoms with E-state index in [4.69, 9.17) is 4.84 Å². The van der Waals surface area contributed by atoms with E-state index in [-0.39, 0.29) is 0 Å². The molecule has 1 radical (unpaired) electrons. The van der Waals surface area contributed by atoms with Gasteiger partial charge in [-0.05, 0) is 12.1 Å². The van der Waals surface area contributed by atoms with Crippen molar-refractivity contribution in [3.8, 4) is 0 Å². The molecule has 1 aliphatic heterocycles. The summed E-state index contributed by atoms with van der Waals surface area (Å²) < 4.78 is 0. The van der Waals surface area contributed by atoms with Gasteiger partial charge in [-0.25, -0.2) is 4.84 Å². The van der Waals surface area contributed by atoms with Crippen molar-refractivity contribution in [1.29, 1.82) is 0 Å². The molecule has 0 atom stereocenters. The number of fused-ring (bicyclic) bond motifs is 1. The predicted octanol–water partition coefficient (Wildman–Crippen LogP) is 0.763. The van der Waals surface area contributed by atoms with Crippen LogP contribution in [0.3, 0.4) is 0 Å². The molecule has 2 rings (SSSR count). The summed E-state index contributed by atoms with van der Waals surface area (Å²) in [5, 5.41) is 0. The largest absolute Gasteiger partial charge is 0.256 e. The molecular formula is C6H5N2O. The van der Waals surface area contributed by atoms with Crippen LogP contribution in [-0.4, -0.2) is 4.98 Å². The van der Waals surface area contributed by atoms with Crippen molar-refractivity contribution >= 4 is 5.69 Å². The summed E-state index contributed by atoms with van der Waals surface area (Å²) in [5.74, 6) is 0. The van der Waals surface area contributed by atoms with E-state index in [0.29, 0.717) is 6.61 Å². The van der Waals surface area contributed by atoms with Crippen molar-refractivity contribution < 1.29 is 4.84 Å². The fourth-order valence-corrected chi connectivity index (χ4v) is 0.787. The third-order valence-electron chi connectivity index (χ3n) is 1.23. The molecule has 0 spiro atoms. The summed E-state index contributed by atoms with van der Waals surface area (Å²) in [5.41, 5.74) is 5.52. The van der Waals surface area contributed by atoms with Crippen LogP contribution in [0.4, 0.5) is 5.69 Å². The molecule has 0 unspecified atom stereocenters. The lowest BCUT2D eigenvalue weighted by Gasteiger charge is -1.87. The first kappa shape index (κ1) is 4.76. The van der Waals surface area contributed by atoms with Crippen LogP contribution in [0.5, 0.6) is 0 Å². The SMILES string of the molecule is c1cnc2c(c1)[N]OC2. The van der Waals surface area contributed by atoms with Crippen LogP contribution in [0.2, 0.25) is 0 Å². The number of nitrogens with zero attached hydrogens (tertiary/aromatic N) is 2. The minimum atomic E-state index is 0.524. The molecule has 1 aromatic rings. The molecule has 0 saturated carbocycles. The Hall–Kier alpha value is -1.09. The van der Waals surface area contributed by atoms with E-state index < -0.39 is 0 Å². The lowest BCUT2D eigenvalue weighted by molar-refractivity contribution is 0.0777. The fraction of sp³-hybridized carbons (Fsp3) is 0.167. The topological polar surface area (TPSA) is 36.2 Å². The van der Waals surface area contributed by atoms with E-state index in [1.165, 1.54) is 0 Å². The second kappa shape index (κ2) is 1.70. The molecule has 45 valence electrons. The van der Waals surface area contributed by atoms with E-state index in [2.05, 4.69) is 10.5 Å². The van der Waals surface area contributed by atoms with Gasteiger partial charge < -0.3 is 0 Å². The first-order chi connectivity index (χ1) is 4.47. The molecule has 9 heavy (non-hydrogen) atoms. The Labute approximate surface area is 52.6 Å². The summed E-state index contributed by atoms with van der Waals surface area (Å²) in [6.07, 6.45) is 1.74. The van der Waals surface area contributed by atoms with Crippen molar-refractivity contribution in [2.75, 3.05) is 0 Å². The molecule has 0 N–H and O–H groups in total. The molecule has 0 aromatic carbocycles. The van der Waals surface area contributed by atoms with Crippen molar-refractivity contribution in [2.24, 2.45) is 0 Å². The van der Waals surface area contributed by atoms with Gasteiger partial charge in [-0.2, -0.15) is 0 Å². The summed E-state index contributed by atoms with van der Waals surface area (Å²) in [6, 6.07) is 3.73. The highest BCUT2D eigenvalue weighted by Crippen LogP contribution is 2.18. The van der Waals surface area contributed by atoms with Crippen LogP contribution in [0, 0.1) is 0 Å². The minimum absolute atomic E-state index is 0.524. The van der Waals surface area contributed by atoms with E-state index in [9.17, 15) is 0 Å². The van der Waals surface area contributed by atoms with Gasteiger partial charge in [-0.1, -0.05) is 0 Å². The third-order valence-corrected chi connectivity index (χ3v) is 1.23. The van der Waals surface area contributed by atoms with Crippen LogP contribution in [0.15, 0.2) is 18.3 Å². The maximum Gasteiger partial charge on any atom is 0.121 e. The van der Waals surface area contributed by atoms with Crippen LogP contribution < -0.4 is 5.48 Å². The standard InChI is InChI=1S/C6H5N2O/c1-2-5-6(7-3-1)4-9-8-5/h1-3H,4H2. The summed E-state index contributed by atoms with van der Waals surface area (Å²) in [7, 11) is 0. The monoisotopic (exact) mass is 121 g/mol. The number of pyridine rings is 1. The number of rotatable bonds is 0. The number of hydrogen-bond donors (Lipinski definition) is 0. The van der Waals surface area contributed by atoms with E-state index >= 15 is 0 Å².